The molecule has 1 aromatic heterocycles. The molecule has 0 spiro atoms. The zero-order valence-corrected chi connectivity index (χ0v) is 14.4. The predicted octanol–water partition coefficient (Wildman–Crippen LogP) is 1.42. The van der Waals surface area contributed by atoms with Gasteiger partial charge in [0.1, 0.15) is 0 Å². The van der Waals surface area contributed by atoms with E-state index in [1.165, 1.54) is 38.5 Å². The Morgan fingerprint density at radius 1 is 0.625 bits per heavy atom. The lowest BCUT2D eigenvalue weighted by Gasteiger charge is -2.31. The highest BCUT2D eigenvalue weighted by Gasteiger charge is 2.26. The topological polar surface area (TPSA) is 68.6 Å². The Bertz CT molecular complexity index is 486. The molecule has 3 aliphatic heterocycles. The van der Waals surface area contributed by atoms with E-state index in [0.717, 1.165) is 57.0 Å². The van der Waals surface area contributed by atoms with Crippen LogP contribution >= 0.6 is 0 Å². The number of aliphatic hydroxyl groups excluding tert-OH is 1. The molecule has 0 bridgehead atoms. The molecule has 3 fully saturated rings. The summed E-state index contributed by atoms with van der Waals surface area (Å²) < 4.78 is 0. The van der Waals surface area contributed by atoms with Crippen LogP contribution in [0.5, 0.6) is 0 Å². The lowest BCUT2D eigenvalue weighted by molar-refractivity contribution is 0.198. The predicted molar refractivity (Wildman–Crippen MR) is 94.8 cm³/mol. The number of anilines is 3. The Morgan fingerprint density at radius 3 is 1.50 bits per heavy atom. The molecular formula is C17H28N6O. The summed E-state index contributed by atoms with van der Waals surface area (Å²) in [6.45, 7) is 5.58. The minimum absolute atomic E-state index is 0.265. The first-order valence-electron chi connectivity index (χ1n) is 9.48. The van der Waals surface area contributed by atoms with E-state index in [4.69, 9.17) is 15.0 Å². The van der Waals surface area contributed by atoms with E-state index in [9.17, 15) is 5.11 Å². The number of piperidine rings is 2. The van der Waals surface area contributed by atoms with Crippen molar-refractivity contribution in [3.05, 3.63) is 0 Å². The molecule has 3 aliphatic rings. The monoisotopic (exact) mass is 332 g/mol. The lowest BCUT2D eigenvalue weighted by atomic mass is 10.1. The van der Waals surface area contributed by atoms with Gasteiger partial charge < -0.3 is 19.8 Å². The van der Waals surface area contributed by atoms with Crippen LogP contribution in [0.4, 0.5) is 17.8 Å². The van der Waals surface area contributed by atoms with Crippen molar-refractivity contribution >= 4 is 17.8 Å². The maximum absolute atomic E-state index is 9.86. The van der Waals surface area contributed by atoms with Crippen molar-refractivity contribution in [2.75, 3.05) is 54.0 Å². The molecule has 4 heterocycles. The summed E-state index contributed by atoms with van der Waals surface area (Å²) in [4.78, 5) is 21.0. The molecule has 7 heteroatoms. The van der Waals surface area contributed by atoms with Gasteiger partial charge in [-0.05, 0) is 44.9 Å². The highest BCUT2D eigenvalue weighted by Crippen LogP contribution is 2.25. The Labute approximate surface area is 143 Å². The van der Waals surface area contributed by atoms with Gasteiger partial charge in [-0.3, -0.25) is 0 Å². The number of nitrogens with zero attached hydrogens (tertiary/aromatic N) is 6. The zero-order chi connectivity index (χ0) is 16.4. The summed E-state index contributed by atoms with van der Waals surface area (Å²) in [6, 6.07) is 0. The number of hydrogen-bond donors (Lipinski definition) is 1. The third-order valence-electron chi connectivity index (χ3n) is 5.32. The second kappa shape index (κ2) is 7.09. The van der Waals surface area contributed by atoms with Gasteiger partial charge in [-0.1, -0.05) is 0 Å². The number of β-amino-alcohol motifs (C(OH)–C–C–N with tert-alkyl or cyclic N) is 1. The molecule has 0 aromatic carbocycles. The maximum Gasteiger partial charge on any atom is 0.232 e. The van der Waals surface area contributed by atoms with Crippen molar-refractivity contribution in [2.45, 2.75) is 51.0 Å². The fourth-order valence-electron chi connectivity index (χ4n) is 3.88. The van der Waals surface area contributed by atoms with Gasteiger partial charge in [-0.2, -0.15) is 15.0 Å². The van der Waals surface area contributed by atoms with Crippen molar-refractivity contribution < 1.29 is 5.11 Å². The molecule has 132 valence electrons. The van der Waals surface area contributed by atoms with Crippen LogP contribution in [0.15, 0.2) is 0 Å². The van der Waals surface area contributed by atoms with Gasteiger partial charge in [0, 0.05) is 39.3 Å². The fourth-order valence-corrected chi connectivity index (χ4v) is 3.88. The van der Waals surface area contributed by atoms with Crippen molar-refractivity contribution in [3.63, 3.8) is 0 Å². The molecule has 24 heavy (non-hydrogen) atoms. The summed E-state index contributed by atoms with van der Waals surface area (Å²) in [5.41, 5.74) is 0. The minimum Gasteiger partial charge on any atom is -0.391 e. The fraction of sp³-hybridized carbons (Fsp3) is 0.824. The van der Waals surface area contributed by atoms with Gasteiger partial charge in [0.25, 0.3) is 0 Å². The molecule has 1 aromatic rings. The van der Waals surface area contributed by atoms with E-state index in [1.54, 1.807) is 0 Å². The molecule has 1 unspecified atom stereocenters. The third kappa shape index (κ3) is 3.41. The highest BCUT2D eigenvalue weighted by molar-refractivity contribution is 5.47. The van der Waals surface area contributed by atoms with Crippen LogP contribution < -0.4 is 14.7 Å². The first-order valence-corrected chi connectivity index (χ1v) is 9.48. The number of hydrogen-bond acceptors (Lipinski definition) is 7. The smallest absolute Gasteiger partial charge is 0.232 e. The van der Waals surface area contributed by atoms with E-state index >= 15 is 0 Å². The zero-order valence-electron chi connectivity index (χ0n) is 14.4. The molecule has 0 amide bonds. The largest absolute Gasteiger partial charge is 0.391 e. The minimum atomic E-state index is -0.265. The van der Waals surface area contributed by atoms with Crippen LogP contribution in [0, 0.1) is 0 Å². The average molecular weight is 332 g/mol. The van der Waals surface area contributed by atoms with Crippen molar-refractivity contribution in [1.82, 2.24) is 15.0 Å². The molecule has 4 rings (SSSR count). The van der Waals surface area contributed by atoms with E-state index < -0.39 is 0 Å². The van der Waals surface area contributed by atoms with Gasteiger partial charge in [0.2, 0.25) is 17.8 Å². The highest BCUT2D eigenvalue weighted by atomic mass is 16.3. The van der Waals surface area contributed by atoms with Crippen LogP contribution in [-0.4, -0.2) is 65.4 Å². The van der Waals surface area contributed by atoms with Gasteiger partial charge in [0.05, 0.1) is 6.10 Å². The Hall–Kier alpha value is -1.63. The molecule has 1 atom stereocenters. The first kappa shape index (κ1) is 15.9. The summed E-state index contributed by atoms with van der Waals surface area (Å²) in [7, 11) is 0. The molecule has 0 saturated carbocycles. The lowest BCUT2D eigenvalue weighted by Crippen LogP contribution is -2.35. The van der Waals surface area contributed by atoms with Gasteiger partial charge in [-0.15, -0.1) is 0 Å². The standard InChI is InChI=1S/C17H28N6O/c24-14-7-12-23(13-14)17-19-15(21-8-3-1-4-9-21)18-16(20-17)22-10-5-2-6-11-22/h14,24H,1-13H2. The SMILES string of the molecule is OC1CCN(c2nc(N3CCCCC3)nc(N3CCCCC3)n2)C1. The van der Waals surface area contributed by atoms with Crippen LogP contribution in [-0.2, 0) is 0 Å². The summed E-state index contributed by atoms with van der Waals surface area (Å²) in [5.74, 6) is 2.38. The van der Waals surface area contributed by atoms with Crippen molar-refractivity contribution in [3.8, 4) is 0 Å². The quantitative estimate of drug-likeness (QED) is 0.898. The summed E-state index contributed by atoms with van der Waals surface area (Å²) >= 11 is 0. The maximum atomic E-state index is 9.86. The van der Waals surface area contributed by atoms with Crippen molar-refractivity contribution in [2.24, 2.45) is 0 Å². The van der Waals surface area contributed by atoms with Gasteiger partial charge >= 0.3 is 0 Å². The number of aliphatic hydroxyl groups is 1. The normalized spacial score (nSPS) is 25.4. The molecule has 0 aliphatic carbocycles. The summed E-state index contributed by atoms with van der Waals surface area (Å²) in [5, 5.41) is 9.86. The Kier molecular flexibility index (Phi) is 4.69. The van der Waals surface area contributed by atoms with E-state index in [2.05, 4.69) is 14.7 Å². The molecular weight excluding hydrogens is 304 g/mol. The molecule has 1 N–H and O–H groups in total. The van der Waals surface area contributed by atoms with Crippen molar-refractivity contribution in [1.29, 1.82) is 0 Å². The number of aromatic nitrogens is 3. The van der Waals surface area contributed by atoms with Gasteiger partial charge in [-0.25, -0.2) is 0 Å². The second-order valence-corrected chi connectivity index (χ2v) is 7.22. The summed E-state index contributed by atoms with van der Waals surface area (Å²) in [6.07, 6.45) is 7.97. The van der Waals surface area contributed by atoms with E-state index in [1.807, 2.05) is 0 Å². The second-order valence-electron chi connectivity index (χ2n) is 7.22. The van der Waals surface area contributed by atoms with E-state index in [-0.39, 0.29) is 6.10 Å². The molecule has 3 saturated heterocycles. The first-order chi connectivity index (χ1) is 11.8. The third-order valence-corrected chi connectivity index (χ3v) is 5.32. The van der Waals surface area contributed by atoms with Crippen LogP contribution in [0.2, 0.25) is 0 Å². The van der Waals surface area contributed by atoms with Gasteiger partial charge in [0.15, 0.2) is 0 Å². The Balaban J connectivity index is 1.64. The number of rotatable bonds is 3. The molecule has 7 nitrogen and oxygen atoms in total. The average Bonchev–Trinajstić information content (AvgIpc) is 3.09. The molecule has 0 radical (unpaired) electrons. The van der Waals surface area contributed by atoms with Crippen LogP contribution in [0.3, 0.4) is 0 Å². The van der Waals surface area contributed by atoms with Crippen LogP contribution in [0.1, 0.15) is 44.9 Å². The Morgan fingerprint density at radius 2 is 1.08 bits per heavy atom. The van der Waals surface area contributed by atoms with E-state index in [0.29, 0.717) is 6.54 Å². The van der Waals surface area contributed by atoms with Crippen LogP contribution in [0.25, 0.3) is 0 Å².